The van der Waals surface area contributed by atoms with Gasteiger partial charge in [-0.2, -0.15) is 0 Å². The van der Waals surface area contributed by atoms with E-state index in [1.54, 1.807) is 0 Å². The maximum Gasteiger partial charge on any atom is 0.217 e. The molecule has 7 N–H and O–H groups in total. The Hall–Kier alpha value is -2.21. The van der Waals surface area contributed by atoms with Gasteiger partial charge in [0.1, 0.15) is 0 Å². The van der Waals surface area contributed by atoms with Crippen molar-refractivity contribution in [3.63, 3.8) is 0 Å². The Labute approximate surface area is 151 Å². The predicted octanol–water partition coefficient (Wildman–Crippen LogP) is 2.49. The highest BCUT2D eigenvalue weighted by Crippen LogP contribution is 2.10. The van der Waals surface area contributed by atoms with Gasteiger partial charge in [-0.1, -0.05) is 60.7 Å². The third-order valence-electron chi connectivity index (χ3n) is 3.21. The molecule has 2 aromatic carbocycles. The molecule has 5 heteroatoms. The third-order valence-corrected chi connectivity index (χ3v) is 3.21. The van der Waals surface area contributed by atoms with E-state index in [2.05, 4.69) is 5.32 Å². The normalized spacial score (nSPS) is 11.8. The molecule has 0 heterocycles. The Morgan fingerprint density at radius 1 is 0.880 bits per heavy atom. The van der Waals surface area contributed by atoms with Crippen LogP contribution in [0.4, 0.5) is 0 Å². The second kappa shape index (κ2) is 14.2. The van der Waals surface area contributed by atoms with Gasteiger partial charge >= 0.3 is 0 Å². The molecule has 0 aliphatic rings. The molecule has 2 aromatic rings. The van der Waals surface area contributed by atoms with Crippen LogP contribution in [0.15, 0.2) is 60.7 Å². The molecule has 0 aromatic heterocycles. The molecule has 0 fully saturated rings. The van der Waals surface area contributed by atoms with E-state index in [-0.39, 0.29) is 18.0 Å². The first-order valence-corrected chi connectivity index (χ1v) is 8.45. The molecule has 1 amide bonds. The third kappa shape index (κ3) is 11.9. The molecule has 0 saturated carbocycles. The molecule has 2 atom stereocenters. The smallest absolute Gasteiger partial charge is 0.217 e. The number of carbonyl (C=O) groups excluding carboxylic acids is 1. The number of amides is 1. The maximum absolute atomic E-state index is 10.7. The Morgan fingerprint density at radius 2 is 1.28 bits per heavy atom. The Balaban J connectivity index is 0.000000391. The van der Waals surface area contributed by atoms with Gasteiger partial charge in [0, 0.05) is 26.1 Å². The molecular formula is C20H32N4O. The van der Waals surface area contributed by atoms with Crippen LogP contribution in [0.3, 0.4) is 0 Å². The van der Waals surface area contributed by atoms with E-state index < -0.39 is 0 Å². The van der Waals surface area contributed by atoms with E-state index in [1.807, 2.05) is 74.5 Å². The minimum atomic E-state index is 0.00588. The minimum absolute atomic E-state index is 0.00588. The largest absolute Gasteiger partial charge is 0.350 e. The summed E-state index contributed by atoms with van der Waals surface area (Å²) in [4.78, 5) is 10.7. The average molecular weight is 345 g/mol. The van der Waals surface area contributed by atoms with Gasteiger partial charge in [0.25, 0.3) is 0 Å². The fourth-order valence-electron chi connectivity index (χ4n) is 1.89. The Kier molecular flexibility index (Phi) is 12.9. The first kappa shape index (κ1) is 22.8. The van der Waals surface area contributed by atoms with E-state index in [9.17, 15) is 4.79 Å². The van der Waals surface area contributed by atoms with Crippen LogP contribution < -0.4 is 22.5 Å². The van der Waals surface area contributed by atoms with Crippen LogP contribution >= 0.6 is 0 Å². The molecule has 0 spiro atoms. The van der Waals surface area contributed by atoms with Crippen molar-refractivity contribution in [2.75, 3.05) is 13.1 Å². The van der Waals surface area contributed by atoms with Crippen LogP contribution in [-0.4, -0.2) is 19.0 Å². The summed E-state index contributed by atoms with van der Waals surface area (Å²) in [5.74, 6) is 0.00588. The molecule has 0 aliphatic heterocycles. The summed E-state index contributed by atoms with van der Waals surface area (Å²) in [5.41, 5.74) is 17.7. The molecule has 0 aliphatic carbocycles. The minimum Gasteiger partial charge on any atom is -0.350 e. The van der Waals surface area contributed by atoms with E-state index in [4.69, 9.17) is 17.2 Å². The van der Waals surface area contributed by atoms with Gasteiger partial charge < -0.3 is 22.5 Å². The lowest BCUT2D eigenvalue weighted by Crippen LogP contribution is -2.23. The SMILES string of the molecule is CC(=O)NC(C)c1ccccc1.CC(N)c1ccccc1.NCCN. The fraction of sp³-hybridized carbons (Fsp3) is 0.350. The monoisotopic (exact) mass is 344 g/mol. The van der Waals surface area contributed by atoms with E-state index in [0.717, 1.165) is 5.56 Å². The van der Waals surface area contributed by atoms with Gasteiger partial charge in [0.05, 0.1) is 6.04 Å². The van der Waals surface area contributed by atoms with Crippen molar-refractivity contribution in [2.24, 2.45) is 17.2 Å². The quantitative estimate of drug-likeness (QED) is 0.683. The van der Waals surface area contributed by atoms with E-state index in [1.165, 1.54) is 12.5 Å². The van der Waals surface area contributed by atoms with Gasteiger partial charge in [-0.25, -0.2) is 0 Å². The summed E-state index contributed by atoms with van der Waals surface area (Å²) in [6.07, 6.45) is 0. The van der Waals surface area contributed by atoms with Crippen LogP contribution in [-0.2, 0) is 4.79 Å². The number of rotatable bonds is 4. The van der Waals surface area contributed by atoms with Gasteiger partial charge in [0.15, 0.2) is 0 Å². The molecule has 2 rings (SSSR count). The van der Waals surface area contributed by atoms with Crippen molar-refractivity contribution in [1.29, 1.82) is 0 Å². The second-order valence-electron chi connectivity index (χ2n) is 5.61. The summed E-state index contributed by atoms with van der Waals surface area (Å²) in [6, 6.07) is 20.2. The molecule has 0 bridgehead atoms. The number of hydrogen-bond acceptors (Lipinski definition) is 4. The zero-order valence-electron chi connectivity index (χ0n) is 15.5. The van der Waals surface area contributed by atoms with Gasteiger partial charge in [-0.15, -0.1) is 0 Å². The zero-order chi connectivity index (χ0) is 19.1. The Bertz CT molecular complexity index is 556. The van der Waals surface area contributed by atoms with Gasteiger partial charge in [-0.3, -0.25) is 4.79 Å². The number of carbonyl (C=O) groups is 1. The highest BCUT2D eigenvalue weighted by atomic mass is 16.1. The van der Waals surface area contributed by atoms with Crippen molar-refractivity contribution >= 4 is 5.91 Å². The standard InChI is InChI=1S/C10H13NO.C8H11N.C2H8N2/c1-8(11-9(2)12)10-6-4-3-5-7-10;1-7(9)8-5-3-2-4-6-8;3-1-2-4/h3-8H,1-2H3,(H,11,12);2-7H,9H2,1H3;1-4H2. The van der Waals surface area contributed by atoms with Gasteiger partial charge in [0.2, 0.25) is 5.91 Å². The summed E-state index contributed by atoms with van der Waals surface area (Å²) < 4.78 is 0. The van der Waals surface area contributed by atoms with Gasteiger partial charge in [-0.05, 0) is 25.0 Å². The lowest BCUT2D eigenvalue weighted by atomic mass is 10.1. The summed E-state index contributed by atoms with van der Waals surface area (Å²) >= 11 is 0. The second-order valence-corrected chi connectivity index (χ2v) is 5.61. The molecular weight excluding hydrogens is 312 g/mol. The maximum atomic E-state index is 10.7. The molecule has 5 nitrogen and oxygen atoms in total. The van der Waals surface area contributed by atoms with Crippen molar-refractivity contribution in [2.45, 2.75) is 32.9 Å². The van der Waals surface area contributed by atoms with Crippen molar-refractivity contribution in [3.05, 3.63) is 71.8 Å². The Morgan fingerprint density at radius 3 is 1.56 bits per heavy atom. The molecule has 138 valence electrons. The topological polar surface area (TPSA) is 107 Å². The van der Waals surface area contributed by atoms with Crippen molar-refractivity contribution in [1.82, 2.24) is 5.32 Å². The number of nitrogens with one attached hydrogen (secondary N) is 1. The molecule has 0 radical (unpaired) electrons. The summed E-state index contributed by atoms with van der Waals surface area (Å²) in [5, 5.41) is 2.82. The highest BCUT2D eigenvalue weighted by molar-refractivity contribution is 5.73. The van der Waals surface area contributed by atoms with Crippen LogP contribution in [0.25, 0.3) is 0 Å². The predicted molar refractivity (Wildman–Crippen MR) is 106 cm³/mol. The average Bonchev–Trinajstić information content (AvgIpc) is 2.63. The summed E-state index contributed by atoms with van der Waals surface area (Å²) in [6.45, 7) is 6.67. The van der Waals surface area contributed by atoms with Crippen LogP contribution in [0.5, 0.6) is 0 Å². The lowest BCUT2D eigenvalue weighted by molar-refractivity contribution is -0.119. The van der Waals surface area contributed by atoms with Crippen molar-refractivity contribution in [3.8, 4) is 0 Å². The summed E-state index contributed by atoms with van der Waals surface area (Å²) in [7, 11) is 0. The first-order chi connectivity index (χ1) is 11.9. The van der Waals surface area contributed by atoms with Crippen LogP contribution in [0, 0.1) is 0 Å². The number of nitrogens with two attached hydrogens (primary N) is 3. The number of hydrogen-bond donors (Lipinski definition) is 4. The first-order valence-electron chi connectivity index (χ1n) is 8.45. The molecule has 0 saturated heterocycles. The fourth-order valence-corrected chi connectivity index (χ4v) is 1.89. The molecule has 25 heavy (non-hydrogen) atoms. The van der Waals surface area contributed by atoms with E-state index in [0.29, 0.717) is 13.1 Å². The van der Waals surface area contributed by atoms with Crippen LogP contribution in [0.1, 0.15) is 44.0 Å². The molecule has 2 unspecified atom stereocenters. The highest BCUT2D eigenvalue weighted by Gasteiger charge is 2.03. The van der Waals surface area contributed by atoms with Crippen LogP contribution in [0.2, 0.25) is 0 Å². The van der Waals surface area contributed by atoms with Crippen molar-refractivity contribution < 1.29 is 4.79 Å². The lowest BCUT2D eigenvalue weighted by Gasteiger charge is -2.11. The number of benzene rings is 2. The van der Waals surface area contributed by atoms with E-state index >= 15 is 0 Å². The zero-order valence-corrected chi connectivity index (χ0v) is 15.5.